The van der Waals surface area contributed by atoms with Crippen LogP contribution in [0.3, 0.4) is 0 Å². The standard InChI is InChI=1S/C24H16O5/c25-21-11-9-20-14-22(12-10-19(20)13-21)29-24(28)18-7-3-16(4-8-18)15-1-5-17(6-2-15)23(26)27/h1-14,25H,(H,26,27). The van der Waals surface area contributed by atoms with E-state index in [1.54, 1.807) is 84.9 Å². The number of carboxylic acids is 1. The van der Waals surface area contributed by atoms with Crippen LogP contribution in [0.5, 0.6) is 11.5 Å². The van der Waals surface area contributed by atoms with Gasteiger partial charge in [0.1, 0.15) is 11.5 Å². The van der Waals surface area contributed by atoms with Crippen molar-refractivity contribution in [2.24, 2.45) is 0 Å². The molecule has 0 bridgehead atoms. The first-order valence-corrected chi connectivity index (χ1v) is 8.88. The number of rotatable bonds is 4. The maximum Gasteiger partial charge on any atom is 0.343 e. The maximum atomic E-state index is 12.4. The first kappa shape index (κ1) is 18.3. The summed E-state index contributed by atoms with van der Waals surface area (Å²) in [5, 5.41) is 20.2. The molecule has 0 unspecified atom stereocenters. The van der Waals surface area contributed by atoms with Gasteiger partial charge in [-0.15, -0.1) is 0 Å². The summed E-state index contributed by atoms with van der Waals surface area (Å²) >= 11 is 0. The average Bonchev–Trinajstić information content (AvgIpc) is 2.74. The number of ether oxygens (including phenoxy) is 1. The van der Waals surface area contributed by atoms with Crippen LogP contribution in [0.15, 0.2) is 84.9 Å². The van der Waals surface area contributed by atoms with Crippen LogP contribution in [-0.4, -0.2) is 22.2 Å². The van der Waals surface area contributed by atoms with Gasteiger partial charge in [0.15, 0.2) is 0 Å². The smallest absolute Gasteiger partial charge is 0.343 e. The van der Waals surface area contributed by atoms with Crippen molar-refractivity contribution < 1.29 is 24.5 Å². The predicted molar refractivity (Wildman–Crippen MR) is 109 cm³/mol. The van der Waals surface area contributed by atoms with E-state index < -0.39 is 11.9 Å². The molecule has 4 aromatic rings. The molecule has 5 nitrogen and oxygen atoms in total. The van der Waals surface area contributed by atoms with Gasteiger partial charge in [-0.2, -0.15) is 0 Å². The van der Waals surface area contributed by atoms with Crippen LogP contribution in [0, 0.1) is 0 Å². The molecule has 0 saturated carbocycles. The first-order valence-electron chi connectivity index (χ1n) is 8.88. The molecule has 0 fully saturated rings. The molecule has 142 valence electrons. The summed E-state index contributed by atoms with van der Waals surface area (Å²) in [6.45, 7) is 0. The Kier molecular flexibility index (Phi) is 4.71. The zero-order valence-electron chi connectivity index (χ0n) is 15.2. The van der Waals surface area contributed by atoms with Crippen molar-refractivity contribution in [3.05, 3.63) is 96.1 Å². The summed E-state index contributed by atoms with van der Waals surface area (Å²) in [6.07, 6.45) is 0. The van der Waals surface area contributed by atoms with Crippen molar-refractivity contribution in [2.45, 2.75) is 0 Å². The molecule has 4 rings (SSSR count). The molecular formula is C24H16O5. The lowest BCUT2D eigenvalue weighted by molar-refractivity contribution is 0.0694. The van der Waals surface area contributed by atoms with Crippen molar-refractivity contribution in [3.63, 3.8) is 0 Å². The SMILES string of the molecule is O=C(O)c1ccc(-c2ccc(C(=O)Oc3ccc4cc(O)ccc4c3)cc2)cc1. The van der Waals surface area contributed by atoms with Gasteiger partial charge in [-0.05, 0) is 70.4 Å². The van der Waals surface area contributed by atoms with E-state index in [4.69, 9.17) is 9.84 Å². The van der Waals surface area contributed by atoms with Gasteiger partial charge >= 0.3 is 11.9 Å². The summed E-state index contributed by atoms with van der Waals surface area (Å²) in [6, 6.07) is 23.6. The van der Waals surface area contributed by atoms with E-state index in [-0.39, 0.29) is 11.3 Å². The number of esters is 1. The van der Waals surface area contributed by atoms with E-state index in [0.29, 0.717) is 11.3 Å². The quantitative estimate of drug-likeness (QED) is 0.376. The van der Waals surface area contributed by atoms with E-state index in [0.717, 1.165) is 21.9 Å². The summed E-state index contributed by atoms with van der Waals surface area (Å²) in [5.74, 6) is -0.850. The van der Waals surface area contributed by atoms with Gasteiger partial charge in [0, 0.05) is 0 Å². The van der Waals surface area contributed by atoms with Crippen molar-refractivity contribution in [2.75, 3.05) is 0 Å². The van der Waals surface area contributed by atoms with Crippen LogP contribution in [0.25, 0.3) is 21.9 Å². The zero-order valence-corrected chi connectivity index (χ0v) is 15.2. The van der Waals surface area contributed by atoms with Crippen molar-refractivity contribution >= 4 is 22.7 Å². The van der Waals surface area contributed by atoms with Gasteiger partial charge in [0.05, 0.1) is 11.1 Å². The normalized spacial score (nSPS) is 10.6. The second kappa shape index (κ2) is 7.48. The Morgan fingerprint density at radius 1 is 0.655 bits per heavy atom. The van der Waals surface area contributed by atoms with E-state index >= 15 is 0 Å². The number of phenolic OH excluding ortho intramolecular Hbond substituents is 1. The molecule has 0 spiro atoms. The van der Waals surface area contributed by atoms with Gasteiger partial charge in [-0.3, -0.25) is 0 Å². The summed E-state index contributed by atoms with van der Waals surface area (Å²) in [4.78, 5) is 23.4. The third kappa shape index (κ3) is 3.94. The number of fused-ring (bicyclic) bond motifs is 1. The number of carbonyl (C=O) groups excluding carboxylic acids is 1. The highest BCUT2D eigenvalue weighted by molar-refractivity contribution is 5.93. The molecular weight excluding hydrogens is 368 g/mol. The molecule has 0 saturated heterocycles. The first-order chi connectivity index (χ1) is 14.0. The molecule has 0 aliphatic rings. The lowest BCUT2D eigenvalue weighted by Crippen LogP contribution is -2.08. The Bertz CT molecular complexity index is 1210. The van der Waals surface area contributed by atoms with Gasteiger partial charge in [-0.25, -0.2) is 9.59 Å². The molecule has 5 heteroatoms. The molecule has 0 amide bonds. The fourth-order valence-corrected chi connectivity index (χ4v) is 3.04. The van der Waals surface area contributed by atoms with Crippen LogP contribution in [0.2, 0.25) is 0 Å². The van der Waals surface area contributed by atoms with Gasteiger partial charge < -0.3 is 14.9 Å². The van der Waals surface area contributed by atoms with E-state index in [9.17, 15) is 14.7 Å². The number of carboxylic acid groups (broad SMARTS) is 1. The van der Waals surface area contributed by atoms with E-state index in [1.165, 1.54) is 0 Å². The lowest BCUT2D eigenvalue weighted by Gasteiger charge is -2.07. The summed E-state index contributed by atoms with van der Waals surface area (Å²) in [5.41, 5.74) is 2.35. The van der Waals surface area contributed by atoms with Crippen molar-refractivity contribution in [1.82, 2.24) is 0 Å². The highest BCUT2D eigenvalue weighted by atomic mass is 16.5. The molecule has 0 heterocycles. The number of benzene rings is 4. The molecule has 29 heavy (non-hydrogen) atoms. The Balaban J connectivity index is 1.50. The Morgan fingerprint density at radius 2 is 1.21 bits per heavy atom. The average molecular weight is 384 g/mol. The van der Waals surface area contributed by atoms with Gasteiger partial charge in [-0.1, -0.05) is 36.4 Å². The molecule has 0 aliphatic heterocycles. The largest absolute Gasteiger partial charge is 0.508 e. The maximum absolute atomic E-state index is 12.4. The van der Waals surface area contributed by atoms with E-state index in [1.807, 2.05) is 0 Å². The zero-order chi connectivity index (χ0) is 20.4. The minimum absolute atomic E-state index is 0.180. The monoisotopic (exact) mass is 384 g/mol. The van der Waals surface area contributed by atoms with E-state index in [2.05, 4.69) is 0 Å². The Hall–Kier alpha value is -4.12. The fraction of sp³-hybridized carbons (Fsp3) is 0. The summed E-state index contributed by atoms with van der Waals surface area (Å²) < 4.78 is 5.46. The molecule has 0 atom stereocenters. The lowest BCUT2D eigenvalue weighted by atomic mass is 10.0. The molecule has 0 radical (unpaired) electrons. The number of aromatic carboxylic acids is 1. The predicted octanol–water partition coefficient (Wildman–Crippen LogP) is 5.13. The molecule has 2 N–H and O–H groups in total. The number of aromatic hydroxyl groups is 1. The van der Waals surface area contributed by atoms with Crippen LogP contribution in [-0.2, 0) is 0 Å². The number of hydrogen-bond acceptors (Lipinski definition) is 4. The summed E-state index contributed by atoms with van der Waals surface area (Å²) in [7, 11) is 0. The third-order valence-corrected chi connectivity index (χ3v) is 4.59. The number of hydrogen-bond donors (Lipinski definition) is 2. The minimum atomic E-state index is -0.972. The van der Waals surface area contributed by atoms with Gasteiger partial charge in [0.2, 0.25) is 0 Å². The van der Waals surface area contributed by atoms with Crippen molar-refractivity contribution in [1.29, 1.82) is 0 Å². The molecule has 0 aliphatic carbocycles. The fourth-order valence-electron chi connectivity index (χ4n) is 3.04. The van der Waals surface area contributed by atoms with Crippen molar-refractivity contribution in [3.8, 4) is 22.6 Å². The molecule has 0 aromatic heterocycles. The van der Waals surface area contributed by atoms with Gasteiger partial charge in [0.25, 0.3) is 0 Å². The highest BCUT2D eigenvalue weighted by Gasteiger charge is 2.10. The number of carbonyl (C=O) groups is 2. The molecule has 4 aromatic carbocycles. The topological polar surface area (TPSA) is 83.8 Å². The second-order valence-corrected chi connectivity index (χ2v) is 6.54. The highest BCUT2D eigenvalue weighted by Crippen LogP contribution is 2.25. The van der Waals surface area contributed by atoms with Crippen LogP contribution in [0.1, 0.15) is 20.7 Å². The second-order valence-electron chi connectivity index (χ2n) is 6.54. The van der Waals surface area contributed by atoms with Crippen LogP contribution < -0.4 is 4.74 Å². The Morgan fingerprint density at radius 3 is 1.83 bits per heavy atom. The van der Waals surface area contributed by atoms with Crippen LogP contribution in [0.4, 0.5) is 0 Å². The Labute approximate surface area is 166 Å². The minimum Gasteiger partial charge on any atom is -0.508 e. The third-order valence-electron chi connectivity index (χ3n) is 4.59. The van der Waals surface area contributed by atoms with Crippen LogP contribution >= 0.6 is 0 Å². The number of phenols is 1.